The van der Waals surface area contributed by atoms with Crippen LogP contribution in [0, 0.1) is 19.8 Å². The van der Waals surface area contributed by atoms with E-state index >= 15 is 0 Å². The summed E-state index contributed by atoms with van der Waals surface area (Å²) in [5.74, 6) is 0.652. The highest BCUT2D eigenvalue weighted by Gasteiger charge is 2.20. The lowest BCUT2D eigenvalue weighted by atomic mass is 10.0. The molecule has 0 bridgehead atoms. The first-order chi connectivity index (χ1) is 9.29. The second kappa shape index (κ2) is 7.44. The van der Waals surface area contributed by atoms with Crippen molar-refractivity contribution in [2.75, 3.05) is 14.1 Å². The molecule has 0 fully saturated rings. The Morgan fingerprint density at radius 1 is 1.15 bits per heavy atom. The Bertz CT molecular complexity index is 432. The average molecular weight is 276 g/mol. The summed E-state index contributed by atoms with van der Waals surface area (Å²) in [6.45, 7) is 9.24. The molecule has 1 aromatic rings. The molecule has 1 aromatic carbocycles. The van der Waals surface area contributed by atoms with Crippen molar-refractivity contribution in [1.82, 2.24) is 10.2 Å². The molecule has 0 saturated carbocycles. The van der Waals surface area contributed by atoms with Crippen LogP contribution in [-0.4, -0.2) is 30.9 Å². The SMILES string of the molecule is Cc1cc(C)cc(CNC(CC(C)C)C(=O)N(C)C)c1. The zero-order valence-corrected chi connectivity index (χ0v) is 13.7. The molecule has 1 unspecified atom stereocenters. The molecule has 0 aliphatic rings. The molecule has 20 heavy (non-hydrogen) atoms. The summed E-state index contributed by atoms with van der Waals surface area (Å²) in [6, 6.07) is 6.41. The monoisotopic (exact) mass is 276 g/mol. The van der Waals surface area contributed by atoms with Crippen molar-refractivity contribution < 1.29 is 4.79 Å². The highest BCUT2D eigenvalue weighted by Crippen LogP contribution is 2.11. The van der Waals surface area contributed by atoms with Gasteiger partial charge in [0, 0.05) is 20.6 Å². The van der Waals surface area contributed by atoms with E-state index in [0.717, 1.165) is 13.0 Å². The molecule has 112 valence electrons. The number of carbonyl (C=O) groups excluding carboxylic acids is 1. The number of rotatable bonds is 6. The van der Waals surface area contributed by atoms with Gasteiger partial charge in [-0.1, -0.05) is 43.2 Å². The van der Waals surface area contributed by atoms with E-state index in [0.29, 0.717) is 5.92 Å². The number of nitrogens with one attached hydrogen (secondary N) is 1. The van der Waals surface area contributed by atoms with E-state index in [9.17, 15) is 4.79 Å². The van der Waals surface area contributed by atoms with Crippen molar-refractivity contribution in [2.45, 2.75) is 46.7 Å². The molecule has 0 spiro atoms. The quantitative estimate of drug-likeness (QED) is 0.866. The highest BCUT2D eigenvalue weighted by atomic mass is 16.2. The molecule has 0 aliphatic carbocycles. The predicted molar refractivity (Wildman–Crippen MR) is 84.7 cm³/mol. The van der Waals surface area contributed by atoms with Gasteiger partial charge >= 0.3 is 0 Å². The standard InChI is InChI=1S/C17H28N2O/c1-12(2)7-16(17(20)19(5)6)18-11-15-9-13(3)8-14(4)10-15/h8-10,12,16,18H,7,11H2,1-6H3. The third-order valence-corrected chi connectivity index (χ3v) is 3.28. The molecule has 1 N–H and O–H groups in total. The van der Waals surface area contributed by atoms with Crippen LogP contribution >= 0.6 is 0 Å². The lowest BCUT2D eigenvalue weighted by Gasteiger charge is -2.23. The molecule has 0 aliphatic heterocycles. The van der Waals surface area contributed by atoms with Crippen LogP contribution in [-0.2, 0) is 11.3 Å². The Balaban J connectivity index is 2.72. The number of likely N-dealkylation sites (N-methyl/N-ethyl adjacent to an activating group) is 1. The largest absolute Gasteiger partial charge is 0.347 e. The zero-order chi connectivity index (χ0) is 15.3. The molecule has 3 nitrogen and oxygen atoms in total. The van der Waals surface area contributed by atoms with Gasteiger partial charge in [0.1, 0.15) is 0 Å². The number of nitrogens with zero attached hydrogens (tertiary/aromatic N) is 1. The zero-order valence-electron chi connectivity index (χ0n) is 13.7. The van der Waals surface area contributed by atoms with E-state index < -0.39 is 0 Å². The Morgan fingerprint density at radius 2 is 1.70 bits per heavy atom. The molecule has 0 heterocycles. The normalized spacial score (nSPS) is 12.6. The Morgan fingerprint density at radius 3 is 2.15 bits per heavy atom. The Kier molecular flexibility index (Phi) is 6.21. The molecule has 1 amide bonds. The average Bonchev–Trinajstić information content (AvgIpc) is 2.31. The van der Waals surface area contributed by atoms with Gasteiger partial charge in [0.05, 0.1) is 6.04 Å². The topological polar surface area (TPSA) is 32.3 Å². The van der Waals surface area contributed by atoms with Crippen LogP contribution in [0.15, 0.2) is 18.2 Å². The van der Waals surface area contributed by atoms with Crippen molar-refractivity contribution >= 4 is 5.91 Å². The summed E-state index contributed by atoms with van der Waals surface area (Å²) in [5, 5.41) is 3.41. The Labute approximate surface area is 123 Å². The van der Waals surface area contributed by atoms with E-state index in [2.05, 4.69) is 51.2 Å². The van der Waals surface area contributed by atoms with Gasteiger partial charge in [-0.15, -0.1) is 0 Å². The maximum absolute atomic E-state index is 12.2. The first-order valence-electron chi connectivity index (χ1n) is 7.31. The van der Waals surface area contributed by atoms with Gasteiger partial charge in [0.25, 0.3) is 0 Å². The van der Waals surface area contributed by atoms with E-state index in [-0.39, 0.29) is 11.9 Å². The lowest BCUT2D eigenvalue weighted by Crippen LogP contribution is -2.44. The summed E-state index contributed by atoms with van der Waals surface area (Å²) in [6.07, 6.45) is 0.863. The number of benzene rings is 1. The maximum Gasteiger partial charge on any atom is 0.239 e. The lowest BCUT2D eigenvalue weighted by molar-refractivity contribution is -0.131. The predicted octanol–water partition coefficient (Wildman–Crippen LogP) is 2.90. The van der Waals surface area contributed by atoms with Gasteiger partial charge in [-0.2, -0.15) is 0 Å². The number of aryl methyl sites for hydroxylation is 2. The van der Waals surface area contributed by atoms with Crippen LogP contribution in [0.2, 0.25) is 0 Å². The van der Waals surface area contributed by atoms with Crippen LogP contribution < -0.4 is 5.32 Å². The minimum absolute atomic E-state index is 0.106. The molecule has 3 heteroatoms. The molecular weight excluding hydrogens is 248 g/mol. The van der Waals surface area contributed by atoms with Crippen molar-refractivity contribution in [3.63, 3.8) is 0 Å². The van der Waals surface area contributed by atoms with E-state index in [1.165, 1.54) is 16.7 Å². The summed E-state index contributed by atoms with van der Waals surface area (Å²) >= 11 is 0. The summed E-state index contributed by atoms with van der Waals surface area (Å²) in [7, 11) is 3.63. The van der Waals surface area contributed by atoms with Gasteiger partial charge in [0.2, 0.25) is 5.91 Å². The van der Waals surface area contributed by atoms with Crippen molar-refractivity contribution in [3.8, 4) is 0 Å². The van der Waals surface area contributed by atoms with Gasteiger partial charge in [-0.05, 0) is 31.7 Å². The van der Waals surface area contributed by atoms with Crippen LogP contribution in [0.4, 0.5) is 0 Å². The smallest absolute Gasteiger partial charge is 0.239 e. The van der Waals surface area contributed by atoms with E-state index in [4.69, 9.17) is 0 Å². The molecular formula is C17H28N2O. The van der Waals surface area contributed by atoms with Crippen LogP contribution in [0.25, 0.3) is 0 Å². The van der Waals surface area contributed by atoms with E-state index in [1.807, 2.05) is 14.1 Å². The maximum atomic E-state index is 12.2. The first kappa shape index (κ1) is 16.7. The summed E-state index contributed by atoms with van der Waals surface area (Å²) in [4.78, 5) is 13.9. The van der Waals surface area contributed by atoms with Gasteiger partial charge in [0.15, 0.2) is 0 Å². The fourth-order valence-corrected chi connectivity index (χ4v) is 2.47. The van der Waals surface area contributed by atoms with Crippen molar-refractivity contribution in [2.24, 2.45) is 5.92 Å². The number of hydrogen-bond donors (Lipinski definition) is 1. The molecule has 1 atom stereocenters. The van der Waals surface area contributed by atoms with Crippen LogP contribution in [0.5, 0.6) is 0 Å². The van der Waals surface area contributed by atoms with Crippen molar-refractivity contribution in [1.29, 1.82) is 0 Å². The third kappa shape index (κ3) is 5.33. The molecule has 0 aromatic heterocycles. The molecule has 0 saturated heterocycles. The fraction of sp³-hybridized carbons (Fsp3) is 0.588. The number of carbonyl (C=O) groups is 1. The van der Waals surface area contributed by atoms with Crippen LogP contribution in [0.1, 0.15) is 37.0 Å². The number of amides is 1. The summed E-state index contributed by atoms with van der Waals surface area (Å²) in [5.41, 5.74) is 3.77. The third-order valence-electron chi connectivity index (χ3n) is 3.28. The molecule has 1 rings (SSSR count). The minimum atomic E-state index is -0.106. The summed E-state index contributed by atoms with van der Waals surface area (Å²) < 4.78 is 0. The van der Waals surface area contributed by atoms with Crippen molar-refractivity contribution in [3.05, 3.63) is 34.9 Å². The van der Waals surface area contributed by atoms with Gasteiger partial charge < -0.3 is 10.2 Å². The van der Waals surface area contributed by atoms with E-state index in [1.54, 1.807) is 4.90 Å². The van der Waals surface area contributed by atoms with Gasteiger partial charge in [-0.3, -0.25) is 4.79 Å². The van der Waals surface area contributed by atoms with Crippen LogP contribution in [0.3, 0.4) is 0 Å². The highest BCUT2D eigenvalue weighted by molar-refractivity contribution is 5.81. The molecule has 0 radical (unpaired) electrons. The van der Waals surface area contributed by atoms with Gasteiger partial charge in [-0.25, -0.2) is 0 Å². The number of hydrogen-bond acceptors (Lipinski definition) is 2. The fourth-order valence-electron chi connectivity index (χ4n) is 2.47. The first-order valence-corrected chi connectivity index (χ1v) is 7.31. The second-order valence-electron chi connectivity index (χ2n) is 6.29. The second-order valence-corrected chi connectivity index (χ2v) is 6.29. The Hall–Kier alpha value is -1.35. The minimum Gasteiger partial charge on any atom is -0.347 e.